The molecule has 0 aromatic heterocycles. The molecule has 1 nitrogen and oxygen atoms in total. The molecule has 0 unspecified atom stereocenters. The molecular weight excluding hydrogens is 188 g/mol. The lowest BCUT2D eigenvalue weighted by atomic mass is 10.2. The molecule has 0 aliphatic rings. The van der Waals surface area contributed by atoms with Crippen molar-refractivity contribution in [1.29, 1.82) is 0 Å². The van der Waals surface area contributed by atoms with Gasteiger partial charge in [0.1, 0.15) is 5.75 Å². The van der Waals surface area contributed by atoms with Crippen molar-refractivity contribution in [3.8, 4) is 5.75 Å². The van der Waals surface area contributed by atoms with Gasteiger partial charge in [0.2, 0.25) is 0 Å². The second-order valence-corrected chi connectivity index (χ2v) is 10.7. The van der Waals surface area contributed by atoms with Gasteiger partial charge >= 0.3 is 0 Å². The lowest BCUT2D eigenvalue weighted by molar-refractivity contribution is 0.478. The number of benzene rings is 1. The Morgan fingerprint density at radius 1 is 1.07 bits per heavy atom. The van der Waals surface area contributed by atoms with Crippen LogP contribution < -0.4 is 5.19 Å². The SMILES string of the molecule is CC(C)(C)[Si](C)(C)c1ccccc1O. The minimum atomic E-state index is -1.58. The normalized spacial score (nSPS) is 12.9. The van der Waals surface area contributed by atoms with E-state index in [0.717, 1.165) is 5.19 Å². The Kier molecular flexibility index (Phi) is 2.77. The summed E-state index contributed by atoms with van der Waals surface area (Å²) in [5, 5.41) is 11.3. The van der Waals surface area contributed by atoms with Crippen molar-refractivity contribution < 1.29 is 5.11 Å². The topological polar surface area (TPSA) is 20.2 Å². The van der Waals surface area contributed by atoms with Gasteiger partial charge in [-0.1, -0.05) is 52.1 Å². The summed E-state index contributed by atoms with van der Waals surface area (Å²) < 4.78 is 0. The molecule has 1 N–H and O–H groups in total. The first-order chi connectivity index (χ1) is 6.27. The quantitative estimate of drug-likeness (QED) is 0.703. The van der Waals surface area contributed by atoms with E-state index in [-0.39, 0.29) is 5.04 Å². The van der Waals surface area contributed by atoms with Crippen molar-refractivity contribution >= 4 is 13.3 Å². The van der Waals surface area contributed by atoms with Gasteiger partial charge in [0.05, 0.1) is 8.07 Å². The van der Waals surface area contributed by atoms with E-state index in [2.05, 4.69) is 39.9 Å². The van der Waals surface area contributed by atoms with Crippen molar-refractivity contribution in [3.63, 3.8) is 0 Å². The van der Waals surface area contributed by atoms with Crippen molar-refractivity contribution in [2.24, 2.45) is 0 Å². The summed E-state index contributed by atoms with van der Waals surface area (Å²) in [7, 11) is -1.58. The summed E-state index contributed by atoms with van der Waals surface area (Å²) >= 11 is 0. The van der Waals surface area contributed by atoms with Crippen LogP contribution in [0.1, 0.15) is 20.8 Å². The molecule has 0 spiro atoms. The van der Waals surface area contributed by atoms with Gasteiger partial charge in [-0.05, 0) is 16.3 Å². The van der Waals surface area contributed by atoms with Crippen LogP contribution in [-0.2, 0) is 0 Å². The molecule has 0 atom stereocenters. The molecule has 0 fully saturated rings. The van der Waals surface area contributed by atoms with Crippen LogP contribution in [-0.4, -0.2) is 13.2 Å². The Morgan fingerprint density at radius 2 is 1.57 bits per heavy atom. The van der Waals surface area contributed by atoms with Gasteiger partial charge < -0.3 is 5.11 Å². The second kappa shape index (κ2) is 3.43. The fourth-order valence-electron chi connectivity index (χ4n) is 1.41. The molecule has 14 heavy (non-hydrogen) atoms. The molecule has 0 aliphatic heterocycles. The average molecular weight is 208 g/mol. The largest absolute Gasteiger partial charge is 0.508 e. The van der Waals surface area contributed by atoms with Gasteiger partial charge in [0.15, 0.2) is 0 Å². The van der Waals surface area contributed by atoms with E-state index in [9.17, 15) is 5.11 Å². The maximum Gasteiger partial charge on any atom is 0.114 e. The summed E-state index contributed by atoms with van der Waals surface area (Å²) in [4.78, 5) is 0. The zero-order chi connectivity index (χ0) is 11.0. The Balaban J connectivity index is 3.23. The second-order valence-electron chi connectivity index (χ2n) is 5.39. The summed E-state index contributed by atoms with van der Waals surface area (Å²) in [5.74, 6) is 0.457. The highest BCUT2D eigenvalue weighted by atomic mass is 28.3. The number of rotatable bonds is 1. The molecule has 0 saturated carbocycles. The summed E-state index contributed by atoms with van der Waals surface area (Å²) in [6.45, 7) is 11.4. The Bertz CT molecular complexity index is 323. The monoisotopic (exact) mass is 208 g/mol. The number of hydrogen-bond donors (Lipinski definition) is 1. The minimum absolute atomic E-state index is 0.270. The summed E-state index contributed by atoms with van der Waals surface area (Å²) in [6, 6.07) is 7.74. The van der Waals surface area contributed by atoms with E-state index in [1.165, 1.54) is 0 Å². The zero-order valence-corrected chi connectivity index (χ0v) is 10.8. The highest BCUT2D eigenvalue weighted by Gasteiger charge is 2.38. The molecule has 0 aliphatic carbocycles. The molecule has 1 rings (SSSR count). The van der Waals surface area contributed by atoms with Gasteiger partial charge in [-0.2, -0.15) is 0 Å². The lowest BCUT2D eigenvalue weighted by Crippen LogP contribution is -2.49. The highest BCUT2D eigenvalue weighted by Crippen LogP contribution is 2.36. The van der Waals surface area contributed by atoms with E-state index < -0.39 is 8.07 Å². The number of phenolic OH excluding ortho intramolecular Hbond substituents is 1. The molecule has 0 bridgehead atoms. The summed E-state index contributed by atoms with van der Waals surface area (Å²) in [5.41, 5.74) is 0. The van der Waals surface area contributed by atoms with Gasteiger partial charge in [-0.3, -0.25) is 0 Å². The third-order valence-corrected chi connectivity index (χ3v) is 8.97. The van der Waals surface area contributed by atoms with Crippen LogP contribution in [0.2, 0.25) is 18.1 Å². The van der Waals surface area contributed by atoms with Crippen LogP contribution in [0.15, 0.2) is 24.3 Å². The molecule has 0 heterocycles. The van der Waals surface area contributed by atoms with Crippen LogP contribution in [0.5, 0.6) is 5.75 Å². The van der Waals surface area contributed by atoms with E-state index in [4.69, 9.17) is 0 Å². The lowest BCUT2D eigenvalue weighted by Gasteiger charge is -2.37. The molecule has 1 aromatic carbocycles. The maximum atomic E-state index is 9.84. The van der Waals surface area contributed by atoms with Crippen molar-refractivity contribution in [1.82, 2.24) is 0 Å². The van der Waals surface area contributed by atoms with Crippen molar-refractivity contribution in [2.75, 3.05) is 0 Å². The third kappa shape index (κ3) is 1.85. The predicted molar refractivity (Wildman–Crippen MR) is 64.9 cm³/mol. The molecule has 0 saturated heterocycles. The number of phenols is 1. The number of hydrogen-bond acceptors (Lipinski definition) is 1. The fourth-order valence-corrected chi connectivity index (χ4v) is 3.45. The van der Waals surface area contributed by atoms with E-state index in [0.29, 0.717) is 5.75 Å². The zero-order valence-electron chi connectivity index (χ0n) is 9.76. The molecular formula is C12H20OSi. The van der Waals surface area contributed by atoms with Crippen LogP contribution in [0.3, 0.4) is 0 Å². The molecule has 0 radical (unpaired) electrons. The Labute approximate surface area is 87.8 Å². The Hall–Kier alpha value is -0.763. The van der Waals surface area contributed by atoms with Crippen LogP contribution in [0, 0.1) is 0 Å². The molecule has 0 amide bonds. The molecule has 1 aromatic rings. The smallest absolute Gasteiger partial charge is 0.114 e. The van der Waals surface area contributed by atoms with Gasteiger partial charge in [0.25, 0.3) is 0 Å². The standard InChI is InChI=1S/C12H20OSi/c1-12(2,3)14(4,5)11-9-7-6-8-10(11)13/h6-9,13H,1-5H3. The first kappa shape index (κ1) is 11.3. The molecule has 78 valence electrons. The predicted octanol–water partition coefficient (Wildman–Crippen LogP) is 3.11. The van der Waals surface area contributed by atoms with E-state index >= 15 is 0 Å². The van der Waals surface area contributed by atoms with Crippen LogP contribution in [0.25, 0.3) is 0 Å². The van der Waals surface area contributed by atoms with Gasteiger partial charge in [-0.15, -0.1) is 0 Å². The van der Waals surface area contributed by atoms with E-state index in [1.54, 1.807) is 6.07 Å². The highest BCUT2D eigenvalue weighted by molar-refractivity contribution is 6.92. The van der Waals surface area contributed by atoms with Crippen molar-refractivity contribution in [3.05, 3.63) is 24.3 Å². The fraction of sp³-hybridized carbons (Fsp3) is 0.500. The Morgan fingerprint density at radius 3 is 2.00 bits per heavy atom. The van der Waals surface area contributed by atoms with Crippen molar-refractivity contribution in [2.45, 2.75) is 38.9 Å². The first-order valence-electron chi connectivity index (χ1n) is 5.05. The minimum Gasteiger partial charge on any atom is -0.508 e. The first-order valence-corrected chi connectivity index (χ1v) is 8.05. The number of aromatic hydroxyl groups is 1. The van der Waals surface area contributed by atoms with Gasteiger partial charge in [0, 0.05) is 0 Å². The van der Waals surface area contributed by atoms with Crippen LogP contribution in [0.4, 0.5) is 0 Å². The van der Waals surface area contributed by atoms with Gasteiger partial charge in [-0.25, -0.2) is 0 Å². The third-order valence-electron chi connectivity index (χ3n) is 3.45. The average Bonchev–Trinajstić information content (AvgIpc) is 2.02. The number of para-hydroxylation sites is 1. The van der Waals surface area contributed by atoms with E-state index in [1.807, 2.05) is 12.1 Å². The maximum absolute atomic E-state index is 9.84. The summed E-state index contributed by atoms with van der Waals surface area (Å²) in [6.07, 6.45) is 0. The van der Waals surface area contributed by atoms with Crippen LogP contribution >= 0.6 is 0 Å². The molecule has 2 heteroatoms.